The Morgan fingerprint density at radius 2 is 1.67 bits per heavy atom. The van der Waals surface area contributed by atoms with Gasteiger partial charge in [0.25, 0.3) is 5.91 Å². The number of amides is 1. The van der Waals surface area contributed by atoms with Crippen molar-refractivity contribution in [2.24, 2.45) is 0 Å². The summed E-state index contributed by atoms with van der Waals surface area (Å²) in [6, 6.07) is 21.4. The van der Waals surface area contributed by atoms with Crippen LogP contribution < -0.4 is 10.1 Å². The molecule has 0 unspecified atom stereocenters. The van der Waals surface area contributed by atoms with Gasteiger partial charge in [0.1, 0.15) is 11.4 Å². The van der Waals surface area contributed by atoms with Gasteiger partial charge in [0.05, 0.1) is 36.1 Å². The number of carbonyl (C=O) groups excluding carboxylic acids is 2. The van der Waals surface area contributed by atoms with Crippen LogP contribution in [0.5, 0.6) is 5.75 Å². The van der Waals surface area contributed by atoms with E-state index >= 15 is 0 Å². The van der Waals surface area contributed by atoms with Crippen LogP contribution in [0, 0.1) is 0 Å². The number of nitrogens with one attached hydrogen (secondary N) is 1. The summed E-state index contributed by atoms with van der Waals surface area (Å²) in [5.41, 5.74) is 2.80. The molecule has 4 aromatic rings. The Kier molecular flexibility index (Phi) is 6.42. The maximum Gasteiger partial charge on any atom is 0.339 e. The number of ether oxygens (including phenoxy) is 2. The number of aromatic nitrogens is 2. The van der Waals surface area contributed by atoms with E-state index in [0.29, 0.717) is 28.3 Å². The number of esters is 1. The number of methoxy groups -OCH3 is 2. The molecule has 4 rings (SSSR count). The first-order chi connectivity index (χ1) is 16.0. The largest absolute Gasteiger partial charge is 0.496 e. The molecule has 1 N–H and O–H groups in total. The van der Waals surface area contributed by atoms with Crippen molar-refractivity contribution < 1.29 is 19.1 Å². The monoisotopic (exact) mass is 461 g/mol. The summed E-state index contributed by atoms with van der Waals surface area (Å²) in [6.07, 6.45) is 1.66. The van der Waals surface area contributed by atoms with Crippen molar-refractivity contribution in [2.45, 2.75) is 0 Å². The van der Waals surface area contributed by atoms with Crippen molar-refractivity contribution in [3.05, 3.63) is 95.1 Å². The van der Waals surface area contributed by atoms with Gasteiger partial charge in [-0.3, -0.25) is 4.79 Å². The number of benzene rings is 3. The summed E-state index contributed by atoms with van der Waals surface area (Å²) in [4.78, 5) is 25.3. The standard InChI is InChI=1S/C25H20ClN3O4/c1-32-22-11-7-6-10-18(22)23-20(15-29(28-23)17-8-4-3-5-9-17)24(30)27-16-12-13-21(26)19(14-16)25(31)33-2/h3-15H,1-2H3,(H,27,30). The fourth-order valence-corrected chi connectivity index (χ4v) is 3.55. The van der Waals surface area contributed by atoms with Crippen LogP contribution in [0.15, 0.2) is 79.0 Å². The van der Waals surface area contributed by atoms with E-state index in [0.717, 1.165) is 5.69 Å². The van der Waals surface area contributed by atoms with E-state index in [4.69, 9.17) is 21.1 Å². The molecule has 1 heterocycles. The zero-order valence-electron chi connectivity index (χ0n) is 17.9. The van der Waals surface area contributed by atoms with Crippen LogP contribution in [0.3, 0.4) is 0 Å². The van der Waals surface area contributed by atoms with E-state index in [9.17, 15) is 9.59 Å². The molecule has 0 saturated heterocycles. The lowest BCUT2D eigenvalue weighted by molar-refractivity contribution is 0.0600. The Balaban J connectivity index is 1.77. The minimum Gasteiger partial charge on any atom is -0.496 e. The van der Waals surface area contributed by atoms with Gasteiger partial charge >= 0.3 is 5.97 Å². The van der Waals surface area contributed by atoms with Crippen molar-refractivity contribution in [3.63, 3.8) is 0 Å². The van der Waals surface area contributed by atoms with Crippen LogP contribution in [0.2, 0.25) is 5.02 Å². The zero-order chi connectivity index (χ0) is 23.4. The lowest BCUT2D eigenvalue weighted by atomic mass is 10.1. The first kappa shape index (κ1) is 22.1. The van der Waals surface area contributed by atoms with Crippen molar-refractivity contribution in [2.75, 3.05) is 19.5 Å². The smallest absolute Gasteiger partial charge is 0.339 e. The molecule has 0 aliphatic rings. The Hall–Kier alpha value is -4.10. The first-order valence-corrected chi connectivity index (χ1v) is 10.4. The topological polar surface area (TPSA) is 82.5 Å². The van der Waals surface area contributed by atoms with Crippen molar-refractivity contribution in [1.29, 1.82) is 0 Å². The molecule has 166 valence electrons. The molecule has 0 radical (unpaired) electrons. The van der Waals surface area contributed by atoms with Gasteiger partial charge in [-0.05, 0) is 42.5 Å². The van der Waals surface area contributed by atoms with Crippen molar-refractivity contribution in [1.82, 2.24) is 9.78 Å². The Morgan fingerprint density at radius 3 is 2.39 bits per heavy atom. The second-order valence-electron chi connectivity index (χ2n) is 7.01. The van der Waals surface area contributed by atoms with Crippen LogP contribution >= 0.6 is 11.6 Å². The van der Waals surface area contributed by atoms with Crippen molar-refractivity contribution in [3.8, 4) is 22.7 Å². The van der Waals surface area contributed by atoms with E-state index in [2.05, 4.69) is 10.4 Å². The fraction of sp³-hybridized carbons (Fsp3) is 0.0800. The maximum atomic E-state index is 13.3. The van der Waals surface area contributed by atoms with Gasteiger partial charge in [0.15, 0.2) is 0 Å². The van der Waals surface area contributed by atoms with Crippen LogP contribution in [0.4, 0.5) is 5.69 Å². The molecule has 0 bridgehead atoms. The molecule has 8 heteroatoms. The molecule has 33 heavy (non-hydrogen) atoms. The summed E-state index contributed by atoms with van der Waals surface area (Å²) < 4.78 is 11.9. The number of anilines is 1. The summed E-state index contributed by atoms with van der Waals surface area (Å²) >= 11 is 6.09. The van der Waals surface area contributed by atoms with E-state index < -0.39 is 11.9 Å². The van der Waals surface area contributed by atoms with Gasteiger partial charge in [0.2, 0.25) is 0 Å². The molecule has 0 aliphatic heterocycles. The predicted octanol–water partition coefficient (Wildman–Crippen LogP) is 5.24. The lowest BCUT2D eigenvalue weighted by Gasteiger charge is -2.10. The maximum absolute atomic E-state index is 13.3. The highest BCUT2D eigenvalue weighted by atomic mass is 35.5. The highest BCUT2D eigenvalue weighted by molar-refractivity contribution is 6.33. The number of rotatable bonds is 6. The first-order valence-electron chi connectivity index (χ1n) is 9.99. The second-order valence-corrected chi connectivity index (χ2v) is 7.42. The van der Waals surface area contributed by atoms with E-state index in [-0.39, 0.29) is 10.6 Å². The van der Waals surface area contributed by atoms with Gasteiger partial charge < -0.3 is 14.8 Å². The molecule has 7 nitrogen and oxygen atoms in total. The van der Waals surface area contributed by atoms with E-state index in [1.165, 1.54) is 19.2 Å². The highest BCUT2D eigenvalue weighted by Gasteiger charge is 2.22. The van der Waals surface area contributed by atoms with Gasteiger partial charge in [-0.1, -0.05) is 41.9 Å². The summed E-state index contributed by atoms with van der Waals surface area (Å²) in [5, 5.41) is 7.72. The third-order valence-corrected chi connectivity index (χ3v) is 5.30. The minimum absolute atomic E-state index is 0.155. The number of halogens is 1. The summed E-state index contributed by atoms with van der Waals surface area (Å²) in [7, 11) is 2.83. The quantitative estimate of drug-likeness (QED) is 0.397. The summed E-state index contributed by atoms with van der Waals surface area (Å²) in [6.45, 7) is 0. The number of carbonyl (C=O) groups is 2. The molecule has 0 spiro atoms. The number of nitrogens with zero attached hydrogens (tertiary/aromatic N) is 2. The number of hydrogen-bond donors (Lipinski definition) is 1. The SMILES string of the molecule is COC(=O)c1cc(NC(=O)c2cn(-c3ccccc3)nc2-c2ccccc2OC)ccc1Cl. The Morgan fingerprint density at radius 1 is 0.939 bits per heavy atom. The molecule has 0 atom stereocenters. The van der Waals surface area contributed by atoms with Crippen LogP contribution in [-0.4, -0.2) is 35.9 Å². The van der Waals surface area contributed by atoms with E-state index in [1.54, 1.807) is 30.1 Å². The zero-order valence-corrected chi connectivity index (χ0v) is 18.7. The van der Waals surface area contributed by atoms with Crippen LogP contribution in [0.1, 0.15) is 20.7 Å². The molecular formula is C25H20ClN3O4. The van der Waals surface area contributed by atoms with Crippen LogP contribution in [-0.2, 0) is 4.74 Å². The fourth-order valence-electron chi connectivity index (χ4n) is 3.36. The van der Waals surface area contributed by atoms with Gasteiger partial charge in [-0.2, -0.15) is 5.10 Å². The third kappa shape index (κ3) is 4.58. The molecule has 1 aromatic heterocycles. The van der Waals surface area contributed by atoms with Gasteiger partial charge in [0, 0.05) is 17.4 Å². The number of para-hydroxylation sites is 2. The Bertz CT molecular complexity index is 1320. The summed E-state index contributed by atoms with van der Waals surface area (Å²) in [5.74, 6) is -0.414. The predicted molar refractivity (Wildman–Crippen MR) is 126 cm³/mol. The van der Waals surface area contributed by atoms with E-state index in [1.807, 2.05) is 48.5 Å². The third-order valence-electron chi connectivity index (χ3n) is 4.97. The molecular weight excluding hydrogens is 442 g/mol. The van der Waals surface area contributed by atoms with Gasteiger partial charge in [-0.25, -0.2) is 9.48 Å². The second kappa shape index (κ2) is 9.58. The molecule has 0 aliphatic carbocycles. The molecule has 1 amide bonds. The Labute approximate surface area is 195 Å². The minimum atomic E-state index is -0.595. The molecule has 3 aromatic carbocycles. The average molecular weight is 462 g/mol. The normalized spacial score (nSPS) is 10.5. The lowest BCUT2D eigenvalue weighted by Crippen LogP contribution is -2.13. The highest BCUT2D eigenvalue weighted by Crippen LogP contribution is 2.32. The van der Waals surface area contributed by atoms with Crippen molar-refractivity contribution >= 4 is 29.2 Å². The number of hydrogen-bond acceptors (Lipinski definition) is 5. The molecule has 0 saturated carbocycles. The van der Waals surface area contributed by atoms with Crippen LogP contribution in [0.25, 0.3) is 16.9 Å². The van der Waals surface area contributed by atoms with Gasteiger partial charge in [-0.15, -0.1) is 0 Å². The molecule has 0 fully saturated rings. The average Bonchev–Trinajstić information content (AvgIpc) is 3.31.